The summed E-state index contributed by atoms with van der Waals surface area (Å²) in [5.74, 6) is -0.258. The minimum Gasteiger partial charge on any atom is -0.395 e. The molecule has 0 saturated carbocycles. The Labute approximate surface area is 80.5 Å². The normalized spacial score (nSPS) is 11.8. The molecule has 0 atom stereocenters. The predicted molar refractivity (Wildman–Crippen MR) is 49.8 cm³/mol. The highest BCUT2D eigenvalue weighted by atomic mass is 32.2. The van der Waals surface area contributed by atoms with Gasteiger partial charge in [-0.05, 0) is 0 Å². The molecular weight excluding hydrogens is 212 g/mol. The molecule has 0 bridgehead atoms. The maximum Gasteiger partial charge on any atom is 0.214 e. The molecule has 0 aromatic carbocycles. The lowest BCUT2D eigenvalue weighted by Crippen LogP contribution is -2.27. The lowest BCUT2D eigenvalue weighted by molar-refractivity contribution is 0.319. The van der Waals surface area contributed by atoms with Crippen molar-refractivity contribution in [1.29, 1.82) is 0 Å². The van der Waals surface area contributed by atoms with Crippen molar-refractivity contribution in [3.8, 4) is 0 Å². The van der Waals surface area contributed by atoms with Crippen molar-refractivity contribution in [2.24, 2.45) is 0 Å². The number of hydrogen-bond acceptors (Lipinski definition) is 5. The molecule has 5 nitrogen and oxygen atoms in total. The Morgan fingerprint density at radius 2 is 2.38 bits per heavy atom. The lowest BCUT2D eigenvalue weighted by atomic mass is 10.6. The van der Waals surface area contributed by atoms with Gasteiger partial charge in [-0.3, -0.25) is 4.98 Å². The van der Waals surface area contributed by atoms with Crippen LogP contribution in [-0.2, 0) is 16.6 Å². The van der Waals surface area contributed by atoms with Crippen LogP contribution in [0.2, 0.25) is 0 Å². The second-order valence-electron chi connectivity index (χ2n) is 2.33. The summed E-state index contributed by atoms with van der Waals surface area (Å²) in [4.78, 5) is 4.65. The fourth-order valence-corrected chi connectivity index (χ4v) is 2.09. The highest BCUT2D eigenvalue weighted by molar-refractivity contribution is 7.89. The van der Waals surface area contributed by atoms with Gasteiger partial charge in [-0.15, -0.1) is 11.3 Å². The quantitative estimate of drug-likeness (QED) is 0.707. The zero-order chi connectivity index (χ0) is 9.73. The Hall–Kier alpha value is -0.500. The van der Waals surface area contributed by atoms with Gasteiger partial charge >= 0.3 is 0 Å². The maximum atomic E-state index is 11.0. The largest absolute Gasteiger partial charge is 0.395 e. The van der Waals surface area contributed by atoms with Gasteiger partial charge < -0.3 is 5.11 Å². The van der Waals surface area contributed by atoms with E-state index in [1.54, 1.807) is 11.7 Å². The molecule has 0 spiro atoms. The van der Waals surface area contributed by atoms with Crippen LogP contribution >= 0.6 is 11.3 Å². The topological polar surface area (TPSA) is 79.3 Å². The summed E-state index contributed by atoms with van der Waals surface area (Å²) < 4.78 is 24.4. The first-order valence-electron chi connectivity index (χ1n) is 3.59. The van der Waals surface area contributed by atoms with Gasteiger partial charge in [0, 0.05) is 17.6 Å². The molecule has 1 rings (SSSR count). The van der Waals surface area contributed by atoms with Crippen molar-refractivity contribution in [3.05, 3.63) is 16.6 Å². The van der Waals surface area contributed by atoms with Crippen LogP contribution in [0, 0.1) is 0 Å². The van der Waals surface area contributed by atoms with Gasteiger partial charge in [-0.2, -0.15) is 0 Å². The van der Waals surface area contributed by atoms with Crippen molar-refractivity contribution >= 4 is 21.4 Å². The summed E-state index contributed by atoms with van der Waals surface area (Å²) in [5.41, 5.74) is 1.63. The number of hydrogen-bond donors (Lipinski definition) is 2. The fraction of sp³-hybridized carbons (Fsp3) is 0.500. The molecule has 0 aliphatic rings. The minimum atomic E-state index is -3.33. The van der Waals surface area contributed by atoms with Crippen LogP contribution in [0.5, 0.6) is 0 Å². The fourth-order valence-electron chi connectivity index (χ4n) is 0.703. The number of aliphatic hydroxyl groups excluding tert-OH is 1. The van der Waals surface area contributed by atoms with Crippen LogP contribution in [0.4, 0.5) is 0 Å². The van der Waals surface area contributed by atoms with Gasteiger partial charge in [0.05, 0.1) is 17.9 Å². The van der Waals surface area contributed by atoms with Crippen molar-refractivity contribution < 1.29 is 13.5 Å². The van der Waals surface area contributed by atoms with E-state index in [1.165, 1.54) is 11.3 Å². The molecule has 7 heteroatoms. The number of aromatic nitrogens is 1. The first kappa shape index (κ1) is 10.6. The highest BCUT2D eigenvalue weighted by Crippen LogP contribution is 2.04. The van der Waals surface area contributed by atoms with E-state index in [4.69, 9.17) is 5.11 Å². The predicted octanol–water partition coefficient (Wildman–Crippen LogP) is -0.445. The summed E-state index contributed by atoms with van der Waals surface area (Å²) in [6.45, 7) is -0.120. The van der Waals surface area contributed by atoms with Crippen LogP contribution in [0.15, 0.2) is 11.7 Å². The number of rotatable bonds is 5. The Bertz CT molecular complexity index is 333. The number of aliphatic hydroxyl groups is 1. The average Bonchev–Trinajstić information content (AvgIpc) is 2.52. The van der Waals surface area contributed by atoms with Crippen molar-refractivity contribution in [2.45, 2.75) is 6.54 Å². The first-order valence-corrected chi connectivity index (χ1v) is 6.13. The molecule has 0 amide bonds. The summed E-state index contributed by atoms with van der Waals surface area (Å²) in [5, 5.41) is 8.43. The van der Waals surface area contributed by atoms with E-state index in [0.717, 1.165) is 4.88 Å². The highest BCUT2D eigenvalue weighted by Gasteiger charge is 2.08. The molecule has 1 heterocycles. The number of nitrogens with zero attached hydrogens (tertiary/aromatic N) is 1. The average molecular weight is 222 g/mol. The van der Waals surface area contributed by atoms with Crippen molar-refractivity contribution in [1.82, 2.24) is 9.71 Å². The van der Waals surface area contributed by atoms with E-state index in [2.05, 4.69) is 9.71 Å². The van der Waals surface area contributed by atoms with Crippen LogP contribution in [0.25, 0.3) is 0 Å². The first-order chi connectivity index (χ1) is 6.14. The third-order valence-corrected chi connectivity index (χ3v) is 3.39. The summed E-state index contributed by atoms with van der Waals surface area (Å²) in [6, 6.07) is 0. The maximum absolute atomic E-state index is 11.0. The van der Waals surface area contributed by atoms with E-state index < -0.39 is 10.0 Å². The van der Waals surface area contributed by atoms with E-state index in [0.29, 0.717) is 0 Å². The van der Waals surface area contributed by atoms with Crippen molar-refractivity contribution in [3.63, 3.8) is 0 Å². The van der Waals surface area contributed by atoms with E-state index in [9.17, 15) is 8.42 Å². The second-order valence-corrected chi connectivity index (χ2v) is 5.23. The molecule has 13 heavy (non-hydrogen) atoms. The van der Waals surface area contributed by atoms with Gasteiger partial charge in [-0.1, -0.05) is 0 Å². The zero-order valence-electron chi connectivity index (χ0n) is 6.80. The molecule has 1 aromatic heterocycles. The van der Waals surface area contributed by atoms with Gasteiger partial charge in [0.25, 0.3) is 0 Å². The van der Waals surface area contributed by atoms with E-state index in [1.807, 2.05) is 0 Å². The zero-order valence-corrected chi connectivity index (χ0v) is 8.44. The molecule has 0 aliphatic carbocycles. The summed E-state index contributed by atoms with van der Waals surface area (Å²) in [7, 11) is -3.33. The van der Waals surface area contributed by atoms with Crippen molar-refractivity contribution in [2.75, 3.05) is 12.4 Å². The third-order valence-electron chi connectivity index (χ3n) is 1.31. The molecule has 74 valence electrons. The number of thiazole rings is 1. The van der Waals surface area contributed by atoms with Crippen LogP contribution < -0.4 is 4.72 Å². The molecule has 1 aromatic rings. The standard InChI is InChI=1S/C6H10N2O3S2/c9-1-2-13(10,11)8-4-6-3-7-5-12-6/h3,5,8-9H,1-2,4H2. The van der Waals surface area contributed by atoms with Crippen LogP contribution in [-0.4, -0.2) is 30.9 Å². The van der Waals surface area contributed by atoms with Gasteiger partial charge in [0.15, 0.2) is 0 Å². The molecule has 0 saturated heterocycles. The summed E-state index contributed by atoms with van der Waals surface area (Å²) in [6.07, 6.45) is 1.60. The monoisotopic (exact) mass is 222 g/mol. The van der Waals surface area contributed by atoms with E-state index >= 15 is 0 Å². The number of nitrogens with one attached hydrogen (secondary N) is 1. The second kappa shape index (κ2) is 4.66. The number of sulfonamides is 1. The van der Waals surface area contributed by atoms with E-state index in [-0.39, 0.29) is 18.9 Å². The third kappa shape index (κ3) is 3.81. The van der Waals surface area contributed by atoms with Gasteiger partial charge in [-0.25, -0.2) is 13.1 Å². The Morgan fingerprint density at radius 3 is 2.92 bits per heavy atom. The molecule has 0 unspecified atom stereocenters. The van der Waals surface area contributed by atoms with Gasteiger partial charge in [0.1, 0.15) is 0 Å². The SMILES string of the molecule is O=S(=O)(CCO)NCc1cncs1. The minimum absolute atomic E-state index is 0.243. The Kier molecular flexibility index (Phi) is 3.79. The Morgan fingerprint density at radius 1 is 1.62 bits per heavy atom. The molecule has 0 radical (unpaired) electrons. The molecular formula is C6H10N2O3S2. The smallest absolute Gasteiger partial charge is 0.214 e. The van der Waals surface area contributed by atoms with Crippen LogP contribution in [0.1, 0.15) is 4.88 Å². The van der Waals surface area contributed by atoms with Gasteiger partial charge in [0.2, 0.25) is 10.0 Å². The Balaban J connectivity index is 2.43. The molecule has 2 N–H and O–H groups in total. The molecule has 0 fully saturated rings. The molecule has 0 aliphatic heterocycles. The van der Waals surface area contributed by atoms with Crippen LogP contribution in [0.3, 0.4) is 0 Å². The summed E-state index contributed by atoms with van der Waals surface area (Å²) >= 11 is 1.38. The lowest BCUT2D eigenvalue weighted by Gasteiger charge is -2.02.